The van der Waals surface area contributed by atoms with Crippen LogP contribution in [0.4, 0.5) is 17.2 Å². The molecule has 0 aliphatic heterocycles. The normalized spacial score (nSPS) is 9.85. The number of anilines is 2. The van der Waals surface area contributed by atoms with Crippen LogP contribution in [0.2, 0.25) is 5.02 Å². The number of nitro groups is 1. The fourth-order valence-electron chi connectivity index (χ4n) is 1.67. The summed E-state index contributed by atoms with van der Waals surface area (Å²) in [6.45, 7) is 0. The minimum absolute atomic E-state index is 0.169. The van der Waals surface area contributed by atoms with Crippen molar-refractivity contribution in [1.29, 1.82) is 5.26 Å². The molecule has 0 aliphatic rings. The number of hydrogen-bond donors (Lipinski definition) is 0. The Morgan fingerprint density at radius 3 is 2.80 bits per heavy atom. The zero-order valence-electron chi connectivity index (χ0n) is 10.4. The highest BCUT2D eigenvalue weighted by Crippen LogP contribution is 2.31. The fourth-order valence-corrected chi connectivity index (χ4v) is 1.96. The number of benzene rings is 1. The molecule has 100 valence electrons. The maximum atomic E-state index is 10.6. The molecule has 1 aromatic heterocycles. The van der Waals surface area contributed by atoms with Crippen molar-refractivity contribution in [3.63, 3.8) is 0 Å². The lowest BCUT2D eigenvalue weighted by molar-refractivity contribution is -0.385. The van der Waals surface area contributed by atoms with Crippen LogP contribution in [0.15, 0.2) is 36.5 Å². The van der Waals surface area contributed by atoms with Gasteiger partial charge in [0.25, 0.3) is 5.69 Å². The molecule has 0 atom stereocenters. The Balaban J connectivity index is 2.40. The van der Waals surface area contributed by atoms with Crippen LogP contribution < -0.4 is 4.90 Å². The highest BCUT2D eigenvalue weighted by Gasteiger charge is 2.15. The third kappa shape index (κ3) is 2.68. The largest absolute Gasteiger partial charge is 0.328 e. The summed E-state index contributed by atoms with van der Waals surface area (Å²) in [7, 11) is 1.72. The number of hydrogen-bond acceptors (Lipinski definition) is 5. The van der Waals surface area contributed by atoms with Gasteiger partial charge in [0.05, 0.1) is 21.6 Å². The average Bonchev–Trinajstić information content (AvgIpc) is 2.46. The van der Waals surface area contributed by atoms with E-state index in [0.717, 1.165) is 6.20 Å². The average molecular weight is 289 g/mol. The number of nitriles is 1. The first-order valence-corrected chi connectivity index (χ1v) is 5.94. The molecule has 1 aromatic carbocycles. The van der Waals surface area contributed by atoms with Gasteiger partial charge >= 0.3 is 0 Å². The Labute approximate surface area is 120 Å². The number of aromatic nitrogens is 1. The lowest BCUT2D eigenvalue weighted by Crippen LogP contribution is -2.12. The van der Waals surface area contributed by atoms with Crippen molar-refractivity contribution < 1.29 is 4.92 Å². The first kappa shape index (κ1) is 13.8. The van der Waals surface area contributed by atoms with Gasteiger partial charge in [0.15, 0.2) is 5.82 Å². The van der Waals surface area contributed by atoms with Gasteiger partial charge < -0.3 is 4.90 Å². The third-order valence-corrected chi connectivity index (χ3v) is 2.98. The first-order chi connectivity index (χ1) is 9.52. The van der Waals surface area contributed by atoms with Crippen molar-refractivity contribution in [1.82, 2.24) is 4.98 Å². The summed E-state index contributed by atoms with van der Waals surface area (Å²) in [5.41, 5.74) is 1.05. The predicted octanol–water partition coefficient (Wildman–Crippen LogP) is 3.28. The van der Waals surface area contributed by atoms with Crippen LogP contribution in [0.25, 0.3) is 0 Å². The first-order valence-electron chi connectivity index (χ1n) is 5.56. The van der Waals surface area contributed by atoms with E-state index >= 15 is 0 Å². The van der Waals surface area contributed by atoms with E-state index in [9.17, 15) is 10.1 Å². The van der Waals surface area contributed by atoms with Crippen LogP contribution in [0, 0.1) is 21.4 Å². The molecule has 0 N–H and O–H groups in total. The van der Waals surface area contributed by atoms with Crippen LogP contribution in [-0.2, 0) is 0 Å². The maximum absolute atomic E-state index is 10.6. The van der Waals surface area contributed by atoms with E-state index in [4.69, 9.17) is 16.9 Å². The number of halogens is 1. The van der Waals surface area contributed by atoms with Crippen LogP contribution in [-0.4, -0.2) is 17.0 Å². The van der Waals surface area contributed by atoms with Crippen molar-refractivity contribution in [2.75, 3.05) is 11.9 Å². The Morgan fingerprint density at radius 1 is 1.45 bits per heavy atom. The molecule has 0 aliphatic carbocycles. The second-order valence-corrected chi connectivity index (χ2v) is 4.38. The summed E-state index contributed by atoms with van der Waals surface area (Å²) >= 11 is 6.02. The zero-order valence-corrected chi connectivity index (χ0v) is 11.2. The summed E-state index contributed by atoms with van der Waals surface area (Å²) in [6.07, 6.45) is 1.14. The maximum Gasteiger partial charge on any atom is 0.289 e. The van der Waals surface area contributed by atoms with Gasteiger partial charge in [0, 0.05) is 18.8 Å². The van der Waals surface area contributed by atoms with Crippen LogP contribution in [0.1, 0.15) is 5.56 Å². The van der Waals surface area contributed by atoms with Crippen LogP contribution >= 0.6 is 11.6 Å². The number of rotatable bonds is 3. The molecule has 1 heterocycles. The molecule has 0 amide bonds. The van der Waals surface area contributed by atoms with E-state index in [1.165, 1.54) is 6.07 Å². The smallest absolute Gasteiger partial charge is 0.289 e. The molecule has 2 aromatic rings. The van der Waals surface area contributed by atoms with Gasteiger partial charge in [-0.05, 0) is 18.2 Å². The Hall–Kier alpha value is -2.65. The SMILES string of the molecule is CN(c1cccc(C#N)c1)c1ncc([N+](=O)[O-])cc1Cl. The summed E-state index contributed by atoms with van der Waals surface area (Å²) in [6, 6.07) is 10.2. The molecule has 6 nitrogen and oxygen atoms in total. The van der Waals surface area contributed by atoms with E-state index < -0.39 is 4.92 Å². The molecule has 7 heteroatoms. The van der Waals surface area contributed by atoms with Gasteiger partial charge in [0.1, 0.15) is 6.20 Å². The van der Waals surface area contributed by atoms with E-state index in [2.05, 4.69) is 4.98 Å². The van der Waals surface area contributed by atoms with Gasteiger partial charge in [-0.1, -0.05) is 17.7 Å². The Morgan fingerprint density at radius 2 is 2.20 bits per heavy atom. The molecule has 20 heavy (non-hydrogen) atoms. The topological polar surface area (TPSA) is 83.1 Å². The van der Waals surface area contributed by atoms with Crippen LogP contribution in [0.3, 0.4) is 0 Å². The summed E-state index contributed by atoms with van der Waals surface area (Å²) in [5, 5.41) is 19.7. The highest BCUT2D eigenvalue weighted by atomic mass is 35.5. The zero-order chi connectivity index (χ0) is 14.7. The van der Waals surface area contributed by atoms with Crippen molar-refractivity contribution in [2.24, 2.45) is 0 Å². The standard InChI is InChI=1S/C13H9ClN4O2/c1-17(10-4-2-3-9(5-10)7-15)13-12(14)6-11(8-16-13)18(19)20/h2-6,8H,1H3. The monoisotopic (exact) mass is 288 g/mol. The number of pyridine rings is 1. The highest BCUT2D eigenvalue weighted by molar-refractivity contribution is 6.33. The minimum atomic E-state index is -0.557. The molecular weight excluding hydrogens is 280 g/mol. The van der Waals surface area contributed by atoms with Crippen molar-refractivity contribution in [3.8, 4) is 6.07 Å². The summed E-state index contributed by atoms with van der Waals surface area (Å²) < 4.78 is 0. The van der Waals surface area contributed by atoms with Gasteiger partial charge in [-0.15, -0.1) is 0 Å². The fraction of sp³-hybridized carbons (Fsp3) is 0.0769. The van der Waals surface area contributed by atoms with Gasteiger partial charge in [0.2, 0.25) is 0 Å². The number of nitrogens with zero attached hydrogens (tertiary/aromatic N) is 4. The lowest BCUT2D eigenvalue weighted by Gasteiger charge is -2.19. The van der Waals surface area contributed by atoms with Crippen LogP contribution in [0.5, 0.6) is 0 Å². The van der Waals surface area contributed by atoms with E-state index in [1.54, 1.807) is 36.2 Å². The molecule has 0 radical (unpaired) electrons. The molecule has 0 spiro atoms. The van der Waals surface area contributed by atoms with Crippen molar-refractivity contribution in [2.45, 2.75) is 0 Å². The summed E-state index contributed by atoms with van der Waals surface area (Å²) in [4.78, 5) is 15.7. The molecule has 2 rings (SSSR count). The van der Waals surface area contributed by atoms with E-state index in [0.29, 0.717) is 17.1 Å². The molecule has 0 fully saturated rings. The second kappa shape index (κ2) is 5.55. The Kier molecular flexibility index (Phi) is 3.82. The van der Waals surface area contributed by atoms with E-state index in [-0.39, 0.29) is 10.7 Å². The second-order valence-electron chi connectivity index (χ2n) is 3.98. The lowest BCUT2D eigenvalue weighted by atomic mass is 10.2. The quantitative estimate of drug-likeness (QED) is 0.639. The van der Waals surface area contributed by atoms with E-state index in [1.807, 2.05) is 6.07 Å². The molecule has 0 saturated carbocycles. The summed E-state index contributed by atoms with van der Waals surface area (Å²) in [5.74, 6) is 0.382. The Bertz CT molecular complexity index is 712. The molecular formula is C13H9ClN4O2. The van der Waals surface area contributed by atoms with Gasteiger partial charge in [-0.2, -0.15) is 5.26 Å². The minimum Gasteiger partial charge on any atom is -0.328 e. The molecule has 0 unspecified atom stereocenters. The van der Waals surface area contributed by atoms with Gasteiger partial charge in [-0.25, -0.2) is 4.98 Å². The van der Waals surface area contributed by atoms with Crippen molar-refractivity contribution in [3.05, 3.63) is 57.2 Å². The molecule has 0 saturated heterocycles. The third-order valence-electron chi connectivity index (χ3n) is 2.70. The predicted molar refractivity (Wildman–Crippen MR) is 75.1 cm³/mol. The molecule has 0 bridgehead atoms. The van der Waals surface area contributed by atoms with Crippen molar-refractivity contribution >= 4 is 28.8 Å². The van der Waals surface area contributed by atoms with Gasteiger partial charge in [-0.3, -0.25) is 10.1 Å².